The minimum atomic E-state index is -0.199. The van der Waals surface area contributed by atoms with E-state index in [0.717, 1.165) is 5.69 Å². The first-order valence-corrected chi connectivity index (χ1v) is 7.79. The van der Waals surface area contributed by atoms with E-state index in [4.69, 9.17) is 5.26 Å². The number of amides is 1. The van der Waals surface area contributed by atoms with Gasteiger partial charge in [0.25, 0.3) is 5.91 Å². The average molecular weight is 311 g/mol. The minimum Gasteiger partial charge on any atom is -0.338 e. The van der Waals surface area contributed by atoms with Crippen LogP contribution in [0.4, 0.5) is 0 Å². The van der Waals surface area contributed by atoms with Crippen molar-refractivity contribution in [1.29, 1.82) is 5.26 Å². The van der Waals surface area contributed by atoms with Crippen LogP contribution in [0, 0.1) is 17.2 Å². The molecule has 0 aromatic carbocycles. The summed E-state index contributed by atoms with van der Waals surface area (Å²) in [6, 6.07) is 7.75. The molecule has 120 valence electrons. The van der Waals surface area contributed by atoms with Gasteiger partial charge in [-0.25, -0.2) is 9.67 Å². The van der Waals surface area contributed by atoms with E-state index >= 15 is 0 Å². The van der Waals surface area contributed by atoms with E-state index in [9.17, 15) is 4.79 Å². The molecule has 0 saturated heterocycles. The third-order valence-electron chi connectivity index (χ3n) is 3.68. The highest BCUT2D eigenvalue weighted by molar-refractivity contribution is 5.95. The fourth-order valence-corrected chi connectivity index (χ4v) is 2.47. The summed E-state index contributed by atoms with van der Waals surface area (Å²) >= 11 is 0. The molecule has 1 atom stereocenters. The zero-order chi connectivity index (χ0) is 16.8. The topological polar surface area (TPSA) is 74.8 Å². The van der Waals surface area contributed by atoms with E-state index in [-0.39, 0.29) is 11.8 Å². The lowest BCUT2D eigenvalue weighted by atomic mass is 10.1. The number of pyridine rings is 1. The van der Waals surface area contributed by atoms with Crippen molar-refractivity contribution in [1.82, 2.24) is 19.7 Å². The summed E-state index contributed by atoms with van der Waals surface area (Å²) in [5.74, 6) is 0.403. The molecule has 0 bridgehead atoms. The molecule has 0 aliphatic heterocycles. The maximum absolute atomic E-state index is 12.8. The highest BCUT2D eigenvalue weighted by atomic mass is 16.2. The van der Waals surface area contributed by atoms with E-state index in [1.165, 1.54) is 0 Å². The molecule has 0 radical (unpaired) electrons. The smallest absolute Gasteiger partial charge is 0.257 e. The summed E-state index contributed by atoms with van der Waals surface area (Å²) < 4.78 is 1.70. The van der Waals surface area contributed by atoms with Crippen molar-refractivity contribution in [3.63, 3.8) is 0 Å². The second-order valence-corrected chi connectivity index (χ2v) is 5.33. The monoisotopic (exact) mass is 311 g/mol. The summed E-state index contributed by atoms with van der Waals surface area (Å²) in [4.78, 5) is 18.8. The number of carbonyl (C=O) groups is 1. The third-order valence-corrected chi connectivity index (χ3v) is 3.68. The van der Waals surface area contributed by atoms with Gasteiger partial charge in [-0.05, 0) is 32.4 Å². The van der Waals surface area contributed by atoms with Crippen molar-refractivity contribution in [3.8, 4) is 11.9 Å². The van der Waals surface area contributed by atoms with Gasteiger partial charge < -0.3 is 4.90 Å². The lowest BCUT2D eigenvalue weighted by molar-refractivity contribution is 0.0751. The van der Waals surface area contributed by atoms with Crippen LogP contribution in [-0.4, -0.2) is 38.7 Å². The summed E-state index contributed by atoms with van der Waals surface area (Å²) in [7, 11) is 0. The Bertz CT molecular complexity index is 702. The second-order valence-electron chi connectivity index (χ2n) is 5.33. The molecule has 0 spiro atoms. The van der Waals surface area contributed by atoms with E-state index in [0.29, 0.717) is 30.9 Å². The van der Waals surface area contributed by atoms with Crippen molar-refractivity contribution < 1.29 is 4.79 Å². The molecule has 0 fully saturated rings. The number of rotatable bonds is 6. The Morgan fingerprint density at radius 2 is 2.22 bits per heavy atom. The lowest BCUT2D eigenvalue weighted by Gasteiger charge is -2.22. The van der Waals surface area contributed by atoms with Crippen molar-refractivity contribution in [2.24, 2.45) is 5.92 Å². The molecule has 2 rings (SSSR count). The molecule has 23 heavy (non-hydrogen) atoms. The zero-order valence-electron chi connectivity index (χ0n) is 13.7. The van der Waals surface area contributed by atoms with Crippen LogP contribution in [-0.2, 0) is 6.42 Å². The molecule has 6 heteroatoms. The summed E-state index contributed by atoms with van der Waals surface area (Å²) in [6.45, 7) is 6.69. The number of nitrogens with zero attached hydrogens (tertiary/aromatic N) is 5. The molecule has 2 aromatic heterocycles. The average Bonchev–Trinajstić information content (AvgIpc) is 3.03. The van der Waals surface area contributed by atoms with Crippen LogP contribution in [0.1, 0.15) is 36.8 Å². The lowest BCUT2D eigenvalue weighted by Crippen LogP contribution is -2.34. The van der Waals surface area contributed by atoms with Gasteiger partial charge in [0.1, 0.15) is 0 Å². The number of hydrogen-bond donors (Lipinski definition) is 0. The third kappa shape index (κ3) is 3.57. The summed E-state index contributed by atoms with van der Waals surface area (Å²) in [5, 5.41) is 13.3. The Labute approximate surface area is 136 Å². The maximum Gasteiger partial charge on any atom is 0.257 e. The molecule has 0 aliphatic rings. The second kappa shape index (κ2) is 7.54. The Morgan fingerprint density at radius 1 is 1.43 bits per heavy atom. The fourth-order valence-electron chi connectivity index (χ4n) is 2.47. The first-order chi connectivity index (χ1) is 11.1. The van der Waals surface area contributed by atoms with Crippen molar-refractivity contribution in [3.05, 3.63) is 41.9 Å². The highest BCUT2D eigenvalue weighted by Crippen LogP contribution is 2.17. The molecule has 0 aliphatic carbocycles. The van der Waals surface area contributed by atoms with Crippen LogP contribution in [0.5, 0.6) is 0 Å². The zero-order valence-corrected chi connectivity index (χ0v) is 13.7. The van der Waals surface area contributed by atoms with Crippen molar-refractivity contribution >= 4 is 5.91 Å². The fraction of sp³-hybridized carbons (Fsp3) is 0.412. The van der Waals surface area contributed by atoms with E-state index < -0.39 is 0 Å². The van der Waals surface area contributed by atoms with Crippen LogP contribution < -0.4 is 0 Å². The SMILES string of the molecule is CCc1c(C(=O)N(CC)C[C@H](C)C#N)cnn1-c1ccccn1. The summed E-state index contributed by atoms with van der Waals surface area (Å²) in [6.07, 6.45) is 3.96. The Hall–Kier alpha value is -2.68. The molecule has 2 heterocycles. The van der Waals surface area contributed by atoms with Gasteiger partial charge in [0.2, 0.25) is 0 Å². The van der Waals surface area contributed by atoms with Gasteiger partial charge >= 0.3 is 0 Å². The molecular formula is C17H21N5O. The normalized spacial score (nSPS) is 11.7. The van der Waals surface area contributed by atoms with Gasteiger partial charge in [-0.15, -0.1) is 0 Å². The summed E-state index contributed by atoms with van der Waals surface area (Å²) in [5.41, 5.74) is 1.40. The number of nitriles is 1. The van der Waals surface area contributed by atoms with E-state index in [1.807, 2.05) is 39.0 Å². The minimum absolute atomic E-state index is 0.0892. The van der Waals surface area contributed by atoms with Gasteiger partial charge in [0.15, 0.2) is 5.82 Å². The Morgan fingerprint density at radius 3 is 2.78 bits per heavy atom. The largest absolute Gasteiger partial charge is 0.338 e. The van der Waals surface area contributed by atoms with Crippen LogP contribution in [0.25, 0.3) is 5.82 Å². The van der Waals surface area contributed by atoms with Crippen LogP contribution in [0.2, 0.25) is 0 Å². The van der Waals surface area contributed by atoms with Gasteiger partial charge in [-0.1, -0.05) is 13.0 Å². The standard InChI is InChI=1S/C17H21N5O/c1-4-15-14(17(23)21(5-2)12-13(3)10-18)11-20-22(15)16-8-6-7-9-19-16/h6-9,11,13H,4-5,12H2,1-3H3/t13-/m1/s1. The number of aromatic nitrogens is 3. The Balaban J connectivity index is 2.35. The number of hydrogen-bond acceptors (Lipinski definition) is 4. The first kappa shape index (κ1) is 16.7. The van der Waals surface area contributed by atoms with Gasteiger partial charge in [-0.3, -0.25) is 4.79 Å². The predicted molar refractivity (Wildman–Crippen MR) is 87.1 cm³/mol. The van der Waals surface area contributed by atoms with Crippen LogP contribution in [0.15, 0.2) is 30.6 Å². The molecule has 1 amide bonds. The van der Waals surface area contributed by atoms with Crippen molar-refractivity contribution in [2.45, 2.75) is 27.2 Å². The molecule has 6 nitrogen and oxygen atoms in total. The van der Waals surface area contributed by atoms with Crippen LogP contribution in [0.3, 0.4) is 0 Å². The van der Waals surface area contributed by atoms with E-state index in [2.05, 4.69) is 16.2 Å². The molecule has 0 unspecified atom stereocenters. The predicted octanol–water partition coefficient (Wildman–Crippen LogP) is 2.45. The van der Waals surface area contributed by atoms with Gasteiger partial charge in [0.05, 0.1) is 29.4 Å². The molecule has 2 aromatic rings. The molecular weight excluding hydrogens is 290 g/mol. The number of carbonyl (C=O) groups excluding carboxylic acids is 1. The van der Waals surface area contributed by atoms with Gasteiger partial charge in [-0.2, -0.15) is 10.4 Å². The quantitative estimate of drug-likeness (QED) is 0.821. The maximum atomic E-state index is 12.8. The van der Waals surface area contributed by atoms with E-state index in [1.54, 1.807) is 22.0 Å². The van der Waals surface area contributed by atoms with Crippen LogP contribution >= 0.6 is 0 Å². The van der Waals surface area contributed by atoms with Crippen molar-refractivity contribution in [2.75, 3.05) is 13.1 Å². The molecule has 0 N–H and O–H groups in total. The molecule has 0 saturated carbocycles. The highest BCUT2D eigenvalue weighted by Gasteiger charge is 2.23. The Kier molecular flexibility index (Phi) is 5.47. The first-order valence-electron chi connectivity index (χ1n) is 7.79. The van der Waals surface area contributed by atoms with Gasteiger partial charge in [0, 0.05) is 19.3 Å².